The van der Waals surface area contributed by atoms with Gasteiger partial charge in [-0.15, -0.1) is 0 Å². The third-order valence-electron chi connectivity index (χ3n) is 5.76. The van der Waals surface area contributed by atoms with Gasteiger partial charge in [0.05, 0.1) is 5.71 Å². The van der Waals surface area contributed by atoms with Crippen molar-refractivity contribution in [3.05, 3.63) is 85.1 Å². The highest BCUT2D eigenvalue weighted by Gasteiger charge is 2.15. The average Bonchev–Trinajstić information content (AvgIpc) is 3.29. The molecule has 0 aliphatic carbocycles. The number of aromatic nitrogens is 1. The summed E-state index contributed by atoms with van der Waals surface area (Å²) in [6, 6.07) is 16.0. The number of para-hydroxylation sites is 1. The third-order valence-corrected chi connectivity index (χ3v) is 5.76. The van der Waals surface area contributed by atoms with Crippen LogP contribution in [-0.2, 0) is 4.79 Å². The maximum Gasteiger partial charge on any atom is 0.247 e. The molecule has 35 heavy (non-hydrogen) atoms. The Hall–Kier alpha value is -4.13. The van der Waals surface area contributed by atoms with Gasteiger partial charge in [0.15, 0.2) is 0 Å². The van der Waals surface area contributed by atoms with Crippen LogP contribution in [0.2, 0.25) is 0 Å². The number of likely N-dealkylation sites (N-methyl/N-ethyl adjacent to an activating group) is 1. The number of nitrogens with one attached hydrogen (secondary N) is 3. The number of benzene rings is 2. The Labute approximate surface area is 207 Å². The molecule has 0 radical (unpaired) electrons. The lowest BCUT2D eigenvalue weighted by atomic mass is 10.0. The van der Waals surface area contributed by atoms with Crippen molar-refractivity contribution in [3.63, 3.8) is 0 Å². The zero-order valence-electron chi connectivity index (χ0n) is 20.9. The van der Waals surface area contributed by atoms with E-state index in [0.717, 1.165) is 52.1 Å². The van der Waals surface area contributed by atoms with Crippen molar-refractivity contribution < 1.29 is 4.79 Å². The number of rotatable bonds is 9. The van der Waals surface area contributed by atoms with Crippen molar-refractivity contribution in [3.8, 4) is 0 Å². The van der Waals surface area contributed by atoms with Crippen LogP contribution in [0.1, 0.15) is 25.8 Å². The number of carbonyl (C=O) groups is 1. The lowest BCUT2D eigenvalue weighted by molar-refractivity contribution is -0.111. The Balaban J connectivity index is 1.74. The molecule has 0 saturated carbocycles. The van der Waals surface area contributed by atoms with Crippen LogP contribution in [0.4, 0.5) is 11.4 Å². The predicted octanol–water partition coefficient (Wildman–Crippen LogP) is 5.15. The van der Waals surface area contributed by atoms with E-state index in [-0.39, 0.29) is 11.9 Å². The molecule has 3 N–H and O–H groups in total. The van der Waals surface area contributed by atoms with Gasteiger partial charge < -0.3 is 20.5 Å². The van der Waals surface area contributed by atoms with Crippen LogP contribution in [0.5, 0.6) is 0 Å². The quantitative estimate of drug-likeness (QED) is 0.230. The fraction of sp³-hybridized carbons (Fsp3) is 0.250. The van der Waals surface area contributed by atoms with E-state index in [0.29, 0.717) is 5.96 Å². The number of nitrogens with zero attached hydrogens (tertiary/aromatic N) is 3. The summed E-state index contributed by atoms with van der Waals surface area (Å²) in [6.07, 6.45) is 4.12. The number of guanidine groups is 1. The number of amides is 1. The molecule has 7 heteroatoms. The van der Waals surface area contributed by atoms with Crippen molar-refractivity contribution in [2.24, 2.45) is 9.98 Å². The molecule has 0 fully saturated rings. The summed E-state index contributed by atoms with van der Waals surface area (Å²) in [6.45, 7) is 12.5. The minimum atomic E-state index is -0.227. The summed E-state index contributed by atoms with van der Waals surface area (Å²) in [5.41, 5.74) is 5.51. The number of hydrogen-bond donors (Lipinski definition) is 3. The van der Waals surface area contributed by atoms with E-state index in [1.165, 1.54) is 6.08 Å². The van der Waals surface area contributed by atoms with E-state index >= 15 is 0 Å². The Morgan fingerprint density at radius 3 is 2.54 bits per heavy atom. The SMILES string of the molecule is C=CC(=O)Nc1ccc(N(C)C[C@@H](CC)NC(=N/C)/N=C(\C(=C)C)c2c[nH]c3ccccc23)cc1. The second kappa shape index (κ2) is 11.8. The van der Waals surface area contributed by atoms with Crippen molar-refractivity contribution in [1.29, 1.82) is 0 Å². The Kier molecular flexibility index (Phi) is 8.62. The molecule has 1 heterocycles. The minimum absolute atomic E-state index is 0.122. The lowest BCUT2D eigenvalue weighted by Gasteiger charge is -2.26. The highest BCUT2D eigenvalue weighted by molar-refractivity contribution is 6.21. The summed E-state index contributed by atoms with van der Waals surface area (Å²) in [5.74, 6) is 0.339. The van der Waals surface area contributed by atoms with E-state index in [9.17, 15) is 4.79 Å². The van der Waals surface area contributed by atoms with Crippen molar-refractivity contribution in [2.75, 3.05) is 30.9 Å². The molecule has 182 valence electrons. The first-order chi connectivity index (χ1) is 16.9. The second-order valence-electron chi connectivity index (χ2n) is 8.41. The van der Waals surface area contributed by atoms with E-state index in [4.69, 9.17) is 4.99 Å². The maximum absolute atomic E-state index is 11.5. The number of allylic oxidation sites excluding steroid dienone is 1. The van der Waals surface area contributed by atoms with Crippen LogP contribution >= 0.6 is 0 Å². The molecule has 0 bridgehead atoms. The second-order valence-corrected chi connectivity index (χ2v) is 8.41. The molecule has 0 saturated heterocycles. The van der Waals surface area contributed by atoms with E-state index in [1.807, 2.05) is 62.6 Å². The van der Waals surface area contributed by atoms with Crippen LogP contribution in [0, 0.1) is 0 Å². The Bertz CT molecular complexity index is 1250. The summed E-state index contributed by atoms with van der Waals surface area (Å²) < 4.78 is 0. The van der Waals surface area contributed by atoms with Gasteiger partial charge in [0.2, 0.25) is 11.9 Å². The number of hydrogen-bond acceptors (Lipinski definition) is 3. The van der Waals surface area contributed by atoms with E-state index in [1.54, 1.807) is 7.05 Å². The van der Waals surface area contributed by atoms with Crippen LogP contribution in [0.3, 0.4) is 0 Å². The standard InChI is InChI=1S/C28H34N6O/c1-7-20(18-34(6)22-15-13-21(14-16-22)31-26(35)8-2)32-28(29-5)33-27(19(3)4)24-17-30-25-12-10-9-11-23(24)25/h8-17,20,30H,2-3,7,18H2,1,4-6H3,(H,29,32)(H,31,35)/b33-27+/t20-/m1/s1. The fourth-order valence-corrected chi connectivity index (χ4v) is 3.79. The van der Waals surface area contributed by atoms with Gasteiger partial charge in [-0.2, -0.15) is 0 Å². The van der Waals surface area contributed by atoms with Crippen molar-refractivity contribution >= 4 is 39.9 Å². The molecular weight excluding hydrogens is 436 g/mol. The van der Waals surface area contributed by atoms with Gasteiger partial charge in [-0.3, -0.25) is 9.79 Å². The molecule has 0 aliphatic rings. The van der Waals surface area contributed by atoms with Crippen LogP contribution < -0.4 is 15.5 Å². The van der Waals surface area contributed by atoms with Gasteiger partial charge in [0, 0.05) is 60.7 Å². The normalized spacial score (nSPS) is 12.8. The van der Waals surface area contributed by atoms with Gasteiger partial charge in [-0.05, 0) is 55.3 Å². The molecule has 1 aromatic heterocycles. The van der Waals surface area contributed by atoms with Gasteiger partial charge in [0.1, 0.15) is 0 Å². The monoisotopic (exact) mass is 470 g/mol. The molecule has 0 spiro atoms. The summed E-state index contributed by atoms with van der Waals surface area (Å²) in [7, 11) is 3.78. The first-order valence-corrected chi connectivity index (χ1v) is 11.6. The average molecular weight is 471 g/mol. The first kappa shape index (κ1) is 25.5. The van der Waals surface area contributed by atoms with Crippen molar-refractivity contribution in [1.82, 2.24) is 10.3 Å². The zero-order chi connectivity index (χ0) is 25.4. The molecule has 0 unspecified atom stereocenters. The highest BCUT2D eigenvalue weighted by atomic mass is 16.1. The Morgan fingerprint density at radius 2 is 1.91 bits per heavy atom. The predicted molar refractivity (Wildman–Crippen MR) is 149 cm³/mol. The molecule has 7 nitrogen and oxygen atoms in total. The molecule has 3 rings (SSSR count). The fourth-order valence-electron chi connectivity index (χ4n) is 3.79. The number of anilines is 2. The van der Waals surface area contributed by atoms with Crippen molar-refractivity contribution in [2.45, 2.75) is 26.3 Å². The molecule has 3 aromatic rings. The number of aliphatic imine (C=N–C) groups is 2. The van der Waals surface area contributed by atoms with Gasteiger partial charge >= 0.3 is 0 Å². The summed E-state index contributed by atoms with van der Waals surface area (Å²) in [5, 5.41) is 7.36. The summed E-state index contributed by atoms with van der Waals surface area (Å²) >= 11 is 0. The number of H-pyrrole nitrogens is 1. The van der Waals surface area contributed by atoms with Crippen LogP contribution in [0.25, 0.3) is 10.9 Å². The third kappa shape index (κ3) is 6.47. The Morgan fingerprint density at radius 1 is 1.20 bits per heavy atom. The van der Waals surface area contributed by atoms with Gasteiger partial charge in [0.25, 0.3) is 0 Å². The largest absolute Gasteiger partial charge is 0.373 e. The number of fused-ring (bicyclic) bond motifs is 1. The van der Waals surface area contributed by atoms with E-state index in [2.05, 4.69) is 51.7 Å². The number of aromatic amines is 1. The highest BCUT2D eigenvalue weighted by Crippen LogP contribution is 2.21. The first-order valence-electron chi connectivity index (χ1n) is 11.6. The molecule has 2 aromatic carbocycles. The molecule has 1 amide bonds. The van der Waals surface area contributed by atoms with Crippen LogP contribution in [-0.4, -0.2) is 49.2 Å². The lowest BCUT2D eigenvalue weighted by Crippen LogP contribution is -2.42. The van der Waals surface area contributed by atoms with Crippen LogP contribution in [0.15, 0.2) is 89.5 Å². The molecular formula is C28H34N6O. The smallest absolute Gasteiger partial charge is 0.247 e. The topological polar surface area (TPSA) is 84.9 Å². The zero-order valence-corrected chi connectivity index (χ0v) is 20.9. The van der Waals surface area contributed by atoms with Gasteiger partial charge in [-0.1, -0.05) is 38.3 Å². The number of carbonyl (C=O) groups excluding carboxylic acids is 1. The minimum Gasteiger partial charge on any atom is -0.373 e. The molecule has 1 atom stereocenters. The molecule has 0 aliphatic heterocycles. The summed E-state index contributed by atoms with van der Waals surface area (Å²) in [4.78, 5) is 26.3. The maximum atomic E-state index is 11.5. The van der Waals surface area contributed by atoms with Gasteiger partial charge in [-0.25, -0.2) is 4.99 Å². The van der Waals surface area contributed by atoms with E-state index < -0.39 is 0 Å².